The van der Waals surface area contributed by atoms with Gasteiger partial charge in [-0.2, -0.15) is 0 Å². The quantitative estimate of drug-likeness (QED) is 0.0475. The van der Waals surface area contributed by atoms with Gasteiger partial charge in [-0.25, -0.2) is 37.0 Å². The minimum atomic E-state index is -6.55. The number of carboxylic acids is 2. The van der Waals surface area contributed by atoms with Crippen molar-refractivity contribution in [1.29, 1.82) is 0 Å². The summed E-state index contributed by atoms with van der Waals surface area (Å²) in [7, 11) is -37.7. The fraction of sp³-hybridized carbons (Fsp3) is 0.800. The van der Waals surface area contributed by atoms with E-state index >= 15 is 0 Å². The monoisotopic (exact) mass is 950 g/mol. The number of phosphoric ester groups is 6. The number of rotatable bonds is 17. The maximum Gasteiger partial charge on any atom is 2.00 e. The van der Waals surface area contributed by atoms with Crippen molar-refractivity contribution in [2.75, 3.05) is 0 Å². The maximum absolute atomic E-state index is 12.7. The van der Waals surface area contributed by atoms with Crippen LogP contribution in [0.2, 0.25) is 0 Å². The number of aliphatic hydroxyl groups excluding tert-OH is 1. The van der Waals surface area contributed by atoms with E-state index in [4.69, 9.17) is 10.2 Å². The van der Waals surface area contributed by atoms with Crippen molar-refractivity contribution in [3.63, 3.8) is 0 Å². The Labute approximate surface area is 278 Å². The van der Waals surface area contributed by atoms with Crippen LogP contribution in [-0.4, -0.2) is 154 Å². The molecular weight excluding hydrogens is 927 g/mol. The standard InChI is InChI=1S/C10H22O29P6.2FH.Sn/c11-1(9(12)13)2(10(14)15)38-45(31,32)39-8-6(36-43(25,26)27)4(34-41(19,20)21)3(33-40(16,17)18)5(35-42(22,23)24)7(8)37-44(28,29)30;;;/h1-8,11H,(H,12,13)(H,14,15)(H,31,32)(H2,16,17,18)(H2,19,20,21)(H2,22,23,24)(H2,25,26,27)(H2,28,29,30);2*1H;/q;;;+2/p-2/t1?,2?,3?,4-,5+,6-,7-,8?;;;/m0.../s1. The van der Waals surface area contributed by atoms with Crippen LogP contribution in [-0.2, 0) is 68.6 Å². The van der Waals surface area contributed by atoms with Gasteiger partial charge < -0.3 is 78.6 Å². The molecule has 0 aliphatic heterocycles. The average Bonchev–Trinajstić information content (AvgIpc) is 2.74. The summed E-state index contributed by atoms with van der Waals surface area (Å²) < 4.78 is 100. The van der Waals surface area contributed by atoms with Crippen LogP contribution in [0.1, 0.15) is 0 Å². The van der Waals surface area contributed by atoms with E-state index in [-0.39, 0.29) is 33.3 Å². The molecule has 0 saturated heterocycles. The van der Waals surface area contributed by atoms with Crippen LogP contribution in [0, 0.1) is 0 Å². The first kappa shape index (κ1) is 52.6. The minimum Gasteiger partial charge on any atom is -1.00 e. The van der Waals surface area contributed by atoms with Crippen molar-refractivity contribution >= 4 is 82.8 Å². The molecule has 0 aromatic heterocycles. The smallest absolute Gasteiger partial charge is 1.00 e. The second kappa shape index (κ2) is 18.8. The van der Waals surface area contributed by atoms with Crippen molar-refractivity contribution < 1.29 is 147 Å². The van der Waals surface area contributed by atoms with Gasteiger partial charge in [0.05, 0.1) is 0 Å². The molecule has 48 heavy (non-hydrogen) atoms. The Morgan fingerprint density at radius 1 is 0.458 bits per heavy atom. The van der Waals surface area contributed by atoms with Gasteiger partial charge >= 0.3 is 82.8 Å². The minimum absolute atomic E-state index is 0. The Kier molecular flexibility index (Phi) is 20.6. The van der Waals surface area contributed by atoms with Crippen LogP contribution in [0.4, 0.5) is 0 Å². The van der Waals surface area contributed by atoms with E-state index in [1.165, 1.54) is 0 Å². The molecule has 14 N–H and O–H groups in total. The summed E-state index contributed by atoms with van der Waals surface area (Å²) in [5, 5.41) is 27.3. The van der Waals surface area contributed by atoms with Crippen LogP contribution in [0.15, 0.2) is 0 Å². The summed E-state index contributed by atoms with van der Waals surface area (Å²) in [5.74, 6) is -4.98. The molecule has 1 fully saturated rings. The molecule has 1 rings (SSSR count). The van der Waals surface area contributed by atoms with Crippen LogP contribution < -0.4 is 9.41 Å². The van der Waals surface area contributed by atoms with Crippen molar-refractivity contribution in [3.05, 3.63) is 0 Å². The molecule has 1 aliphatic carbocycles. The van der Waals surface area contributed by atoms with Gasteiger partial charge in [0.15, 0.2) is 6.10 Å². The third-order valence-electron chi connectivity index (χ3n) is 4.52. The Morgan fingerprint density at radius 3 is 0.833 bits per heavy atom. The molecular formula is C10H22F2O29P6Sn. The van der Waals surface area contributed by atoms with E-state index in [1.54, 1.807) is 0 Å². The van der Waals surface area contributed by atoms with Gasteiger partial charge in [0.25, 0.3) is 0 Å². The fourth-order valence-electron chi connectivity index (χ4n) is 3.32. The number of phosphoric acid groups is 6. The van der Waals surface area contributed by atoms with Gasteiger partial charge in [0, 0.05) is 0 Å². The topological polar surface area (TPSA) is 484 Å². The molecule has 1 aliphatic rings. The molecule has 5 unspecified atom stereocenters. The average molecular weight is 949 g/mol. The predicted molar refractivity (Wildman–Crippen MR) is 131 cm³/mol. The molecule has 38 heteroatoms. The second-order valence-electron chi connectivity index (χ2n) is 7.99. The summed E-state index contributed by atoms with van der Waals surface area (Å²) in [6.07, 6.45) is -26.9. The van der Waals surface area contributed by atoms with Crippen LogP contribution in [0.3, 0.4) is 0 Å². The van der Waals surface area contributed by atoms with Gasteiger partial charge in [0.1, 0.15) is 36.6 Å². The molecule has 0 aromatic carbocycles. The van der Waals surface area contributed by atoms with E-state index in [2.05, 4.69) is 31.7 Å². The summed E-state index contributed by atoms with van der Waals surface area (Å²) in [4.78, 5) is 126. The first-order valence-corrected chi connectivity index (χ1v) is 19.4. The molecule has 9 atom stereocenters. The number of aliphatic hydroxyl groups is 1. The van der Waals surface area contributed by atoms with Crippen molar-refractivity contribution in [2.24, 2.45) is 0 Å². The summed E-state index contributed by atoms with van der Waals surface area (Å²) in [6.45, 7) is 0. The Balaban J connectivity index is -0.00000675. The Morgan fingerprint density at radius 2 is 0.667 bits per heavy atom. The summed E-state index contributed by atoms with van der Waals surface area (Å²) >= 11 is 0. The van der Waals surface area contributed by atoms with E-state index in [0.717, 1.165) is 0 Å². The van der Waals surface area contributed by atoms with Gasteiger partial charge in [-0.1, -0.05) is 0 Å². The molecule has 0 spiro atoms. The molecule has 29 nitrogen and oxygen atoms in total. The van der Waals surface area contributed by atoms with Gasteiger partial charge in [0.2, 0.25) is 6.10 Å². The van der Waals surface area contributed by atoms with E-state index in [0.29, 0.717) is 0 Å². The van der Waals surface area contributed by atoms with Crippen LogP contribution >= 0.6 is 46.9 Å². The van der Waals surface area contributed by atoms with E-state index < -0.39 is 108 Å². The van der Waals surface area contributed by atoms with Crippen LogP contribution in [0.5, 0.6) is 0 Å². The maximum atomic E-state index is 12.7. The molecule has 1 saturated carbocycles. The molecule has 0 bridgehead atoms. The van der Waals surface area contributed by atoms with Gasteiger partial charge in [-0.3, -0.25) is 31.7 Å². The van der Waals surface area contributed by atoms with Gasteiger partial charge in [-0.15, -0.1) is 0 Å². The number of aliphatic carboxylic acids is 2. The van der Waals surface area contributed by atoms with Crippen molar-refractivity contribution in [3.8, 4) is 0 Å². The fourth-order valence-corrected chi connectivity index (χ4v) is 7.20. The summed E-state index contributed by atoms with van der Waals surface area (Å²) in [5.41, 5.74) is 0. The number of carbonyl (C=O) groups is 2. The first-order chi connectivity index (χ1) is 19.7. The third kappa shape index (κ3) is 18.6. The van der Waals surface area contributed by atoms with E-state index in [1.807, 2.05) is 0 Å². The van der Waals surface area contributed by atoms with E-state index in [9.17, 15) is 95.9 Å². The molecule has 2 radical (unpaired) electrons. The summed E-state index contributed by atoms with van der Waals surface area (Å²) in [6, 6.07) is 0. The van der Waals surface area contributed by atoms with Crippen LogP contribution in [0.25, 0.3) is 0 Å². The Bertz CT molecular complexity index is 1320. The zero-order chi connectivity index (χ0) is 35.7. The largest absolute Gasteiger partial charge is 2.00 e. The first-order valence-electron chi connectivity index (χ1n) is 10.2. The molecule has 0 amide bonds. The molecule has 0 aromatic rings. The van der Waals surface area contributed by atoms with Crippen molar-refractivity contribution in [2.45, 2.75) is 48.8 Å². The SMILES string of the molecule is O=C(O)C(O)C(OP(=O)(O)OC1[C@@H](OP(=O)(O)O)[C@H](OP(=O)(O)O)C(OP(=O)(O)O)[C@H](OP(=O)(O)O)[C@@H]1OP(=O)(O)O)C(=O)O.[F-].[F-].[Sn+2]. The zero-order valence-electron chi connectivity index (χ0n) is 21.9. The molecule has 284 valence electrons. The second-order valence-corrected chi connectivity index (χ2v) is 15.3. The normalized spacial score (nSPS) is 26.4. The van der Waals surface area contributed by atoms with Gasteiger partial charge in [-0.05, 0) is 0 Å². The third-order valence-corrected chi connectivity index (χ3v) is 8.12. The predicted octanol–water partition coefficient (Wildman–Crippen LogP) is -10.6. The molecule has 0 heterocycles. The zero-order valence-corrected chi connectivity index (χ0v) is 30.2. The van der Waals surface area contributed by atoms with Crippen molar-refractivity contribution in [1.82, 2.24) is 0 Å². The number of halogens is 2. The number of hydrogen-bond donors (Lipinski definition) is 14. The Hall–Kier alpha value is 0.219. The number of carboxylic acid groups (broad SMARTS) is 2. The number of hydrogen-bond acceptors (Lipinski definition) is 16.